The third-order valence-corrected chi connectivity index (χ3v) is 4.50. The zero-order valence-electron chi connectivity index (χ0n) is 12.4. The minimum Gasteiger partial charge on any atom is -0.354 e. The molecule has 0 radical (unpaired) electrons. The van der Waals surface area contributed by atoms with Crippen LogP contribution in [0.5, 0.6) is 0 Å². The van der Waals surface area contributed by atoms with Crippen molar-refractivity contribution >= 4 is 11.6 Å². The third kappa shape index (κ3) is 2.48. The first-order valence-corrected chi connectivity index (χ1v) is 7.68. The first-order chi connectivity index (χ1) is 11.6. The van der Waals surface area contributed by atoms with Crippen LogP contribution in [0.2, 0.25) is 5.02 Å². The Kier molecular flexibility index (Phi) is 3.58. The molecule has 0 N–H and O–H groups in total. The molecule has 0 spiro atoms. The van der Waals surface area contributed by atoms with Gasteiger partial charge in [0.25, 0.3) is 0 Å². The van der Waals surface area contributed by atoms with Gasteiger partial charge in [-0.3, -0.25) is 0 Å². The lowest BCUT2D eigenvalue weighted by Gasteiger charge is -2.14. The molecule has 7 heteroatoms. The number of nitrogens with zero attached hydrogens (tertiary/aromatic N) is 3. The van der Waals surface area contributed by atoms with Gasteiger partial charge in [0.15, 0.2) is 11.6 Å². The number of hydrogen-bond donors (Lipinski definition) is 0. The van der Waals surface area contributed by atoms with E-state index in [9.17, 15) is 8.78 Å². The zero-order valence-corrected chi connectivity index (χ0v) is 13.1. The lowest BCUT2D eigenvalue weighted by atomic mass is 9.91. The van der Waals surface area contributed by atoms with Gasteiger partial charge in [0.05, 0.1) is 6.54 Å². The second kappa shape index (κ2) is 5.65. The van der Waals surface area contributed by atoms with Crippen molar-refractivity contribution in [1.29, 1.82) is 0 Å². The van der Waals surface area contributed by atoms with Gasteiger partial charge < -0.3 is 4.74 Å². The summed E-state index contributed by atoms with van der Waals surface area (Å²) in [5.74, 6) is -1.82. The van der Waals surface area contributed by atoms with Crippen LogP contribution in [0.3, 0.4) is 0 Å². The van der Waals surface area contributed by atoms with Gasteiger partial charge in [-0.15, -0.1) is 0 Å². The van der Waals surface area contributed by atoms with Gasteiger partial charge in [-0.1, -0.05) is 35.9 Å². The summed E-state index contributed by atoms with van der Waals surface area (Å²) >= 11 is 6.26. The third-order valence-electron chi connectivity index (χ3n) is 4.15. The predicted octanol–water partition coefficient (Wildman–Crippen LogP) is 3.88. The van der Waals surface area contributed by atoms with Crippen LogP contribution in [-0.2, 0) is 16.9 Å². The summed E-state index contributed by atoms with van der Waals surface area (Å²) in [5, 5.41) is 4.64. The average molecular weight is 348 g/mol. The SMILES string of the molecule is Fc1ccc(C2(Cn3cncn3)OC2c2ccccc2Cl)cc1F. The summed E-state index contributed by atoms with van der Waals surface area (Å²) in [5.41, 5.74) is 0.457. The van der Waals surface area contributed by atoms with Gasteiger partial charge in [-0.2, -0.15) is 5.10 Å². The lowest BCUT2D eigenvalue weighted by molar-refractivity contribution is 0.261. The molecule has 0 saturated carbocycles. The standard InChI is InChI=1S/C17H12ClF2N3O/c18-13-4-2-1-3-12(13)16-17(24-16,8-23-10-21-9-22-23)11-5-6-14(19)15(20)7-11/h1-7,9-10,16H,8H2. The molecule has 24 heavy (non-hydrogen) atoms. The van der Waals surface area contributed by atoms with Crippen LogP contribution in [0.15, 0.2) is 55.1 Å². The summed E-state index contributed by atoms with van der Waals surface area (Å²) in [4.78, 5) is 3.91. The molecule has 1 aromatic heterocycles. The Bertz CT molecular complexity index is 887. The molecule has 1 fully saturated rings. The second-order valence-electron chi connectivity index (χ2n) is 5.63. The summed E-state index contributed by atoms with van der Waals surface area (Å²) in [6.45, 7) is 0.313. The van der Waals surface area contributed by atoms with E-state index >= 15 is 0 Å². The molecule has 4 nitrogen and oxygen atoms in total. The van der Waals surface area contributed by atoms with E-state index in [4.69, 9.17) is 16.3 Å². The highest BCUT2D eigenvalue weighted by Gasteiger charge is 2.59. The minimum absolute atomic E-state index is 0.313. The molecule has 1 aliphatic rings. The Morgan fingerprint density at radius 3 is 2.71 bits per heavy atom. The number of rotatable bonds is 4. The molecule has 2 unspecified atom stereocenters. The van der Waals surface area contributed by atoms with E-state index in [0.717, 1.165) is 17.7 Å². The molecule has 0 aliphatic carbocycles. The first kappa shape index (κ1) is 15.2. The number of epoxide rings is 1. The Labute approximate surface area is 141 Å². The van der Waals surface area contributed by atoms with E-state index in [-0.39, 0.29) is 6.10 Å². The lowest BCUT2D eigenvalue weighted by Crippen LogP contribution is -2.20. The molecule has 1 saturated heterocycles. The molecule has 3 aromatic rings. The van der Waals surface area contributed by atoms with Crippen LogP contribution in [0, 0.1) is 11.6 Å². The van der Waals surface area contributed by atoms with Crippen LogP contribution in [0.25, 0.3) is 0 Å². The Hall–Kier alpha value is -2.31. The molecule has 2 heterocycles. The van der Waals surface area contributed by atoms with Crippen LogP contribution in [-0.4, -0.2) is 14.8 Å². The second-order valence-corrected chi connectivity index (χ2v) is 6.04. The molecule has 2 atom stereocenters. The van der Waals surface area contributed by atoms with Gasteiger partial charge in [0.1, 0.15) is 24.4 Å². The fourth-order valence-corrected chi connectivity index (χ4v) is 3.16. The van der Waals surface area contributed by atoms with Crippen molar-refractivity contribution in [2.45, 2.75) is 18.2 Å². The maximum atomic E-state index is 13.7. The molecule has 2 aromatic carbocycles. The average Bonchev–Trinajstić information content (AvgIpc) is 3.04. The highest BCUT2D eigenvalue weighted by atomic mass is 35.5. The van der Waals surface area contributed by atoms with Gasteiger partial charge in [-0.05, 0) is 23.8 Å². The van der Waals surface area contributed by atoms with Gasteiger partial charge in [-0.25, -0.2) is 18.4 Å². The number of benzene rings is 2. The van der Waals surface area contributed by atoms with Crippen molar-refractivity contribution in [3.8, 4) is 0 Å². The summed E-state index contributed by atoms with van der Waals surface area (Å²) in [6, 6.07) is 11.1. The smallest absolute Gasteiger partial charge is 0.159 e. The number of ether oxygens (including phenoxy) is 1. The molecule has 0 amide bonds. The molecule has 0 bridgehead atoms. The van der Waals surface area contributed by atoms with Crippen LogP contribution >= 0.6 is 11.6 Å². The van der Waals surface area contributed by atoms with Crippen LogP contribution < -0.4 is 0 Å². The normalized spacial score (nSPS) is 22.5. The molecular formula is C17H12ClF2N3O. The summed E-state index contributed by atoms with van der Waals surface area (Å²) in [7, 11) is 0. The van der Waals surface area contributed by atoms with Crippen LogP contribution in [0.1, 0.15) is 17.2 Å². The largest absolute Gasteiger partial charge is 0.354 e. The number of halogens is 3. The molecule has 1 aliphatic heterocycles. The highest BCUT2D eigenvalue weighted by Crippen LogP contribution is 2.59. The highest BCUT2D eigenvalue weighted by molar-refractivity contribution is 6.31. The summed E-state index contributed by atoms with van der Waals surface area (Å²) in [6.07, 6.45) is 2.58. The monoisotopic (exact) mass is 347 g/mol. The Balaban J connectivity index is 1.77. The Morgan fingerprint density at radius 1 is 1.17 bits per heavy atom. The summed E-state index contributed by atoms with van der Waals surface area (Å²) < 4.78 is 34.6. The predicted molar refractivity (Wildman–Crippen MR) is 83.3 cm³/mol. The van der Waals surface area contributed by atoms with Crippen molar-refractivity contribution in [3.05, 3.63) is 82.9 Å². The molecule has 4 rings (SSSR count). The van der Waals surface area contributed by atoms with Crippen molar-refractivity contribution in [3.63, 3.8) is 0 Å². The van der Waals surface area contributed by atoms with Crippen molar-refractivity contribution in [2.24, 2.45) is 0 Å². The molecule has 122 valence electrons. The van der Waals surface area contributed by atoms with E-state index in [2.05, 4.69) is 10.1 Å². The zero-order chi connectivity index (χ0) is 16.7. The number of hydrogen-bond acceptors (Lipinski definition) is 3. The number of aromatic nitrogens is 3. The fraction of sp³-hybridized carbons (Fsp3) is 0.176. The quantitative estimate of drug-likeness (QED) is 0.673. The van der Waals surface area contributed by atoms with Crippen molar-refractivity contribution in [2.75, 3.05) is 0 Å². The maximum absolute atomic E-state index is 13.7. The Morgan fingerprint density at radius 2 is 2.00 bits per heavy atom. The fourth-order valence-electron chi connectivity index (χ4n) is 2.92. The minimum atomic E-state index is -0.918. The van der Waals surface area contributed by atoms with E-state index < -0.39 is 17.2 Å². The van der Waals surface area contributed by atoms with Crippen molar-refractivity contribution < 1.29 is 13.5 Å². The van der Waals surface area contributed by atoms with E-state index in [1.807, 2.05) is 18.2 Å². The van der Waals surface area contributed by atoms with Gasteiger partial charge >= 0.3 is 0 Å². The van der Waals surface area contributed by atoms with E-state index in [0.29, 0.717) is 17.1 Å². The van der Waals surface area contributed by atoms with Gasteiger partial charge in [0, 0.05) is 10.6 Å². The van der Waals surface area contributed by atoms with Crippen molar-refractivity contribution in [1.82, 2.24) is 14.8 Å². The first-order valence-electron chi connectivity index (χ1n) is 7.30. The van der Waals surface area contributed by atoms with E-state index in [1.165, 1.54) is 12.4 Å². The van der Waals surface area contributed by atoms with Gasteiger partial charge in [0.2, 0.25) is 0 Å². The van der Waals surface area contributed by atoms with E-state index in [1.54, 1.807) is 17.1 Å². The van der Waals surface area contributed by atoms with Crippen LogP contribution in [0.4, 0.5) is 8.78 Å². The molecular weight excluding hydrogens is 336 g/mol. The topological polar surface area (TPSA) is 43.2 Å². The maximum Gasteiger partial charge on any atom is 0.159 e.